The number of sulfonamides is 1. The molecule has 0 spiro atoms. The summed E-state index contributed by atoms with van der Waals surface area (Å²) in [4.78, 5) is 0.221. The van der Waals surface area contributed by atoms with Gasteiger partial charge < -0.3 is 4.74 Å². The zero-order chi connectivity index (χ0) is 20.3. The molecule has 0 bridgehead atoms. The van der Waals surface area contributed by atoms with E-state index in [2.05, 4.69) is 9.82 Å². The normalized spacial score (nSPS) is 14.9. The van der Waals surface area contributed by atoms with E-state index in [-0.39, 0.29) is 17.5 Å². The summed E-state index contributed by atoms with van der Waals surface area (Å²) >= 11 is 0. The monoisotopic (exact) mass is 411 g/mol. The molecule has 3 aromatic rings. The Morgan fingerprint density at radius 1 is 1.10 bits per heavy atom. The van der Waals surface area contributed by atoms with Gasteiger partial charge in [-0.1, -0.05) is 55.3 Å². The van der Waals surface area contributed by atoms with E-state index in [1.807, 2.05) is 59.3 Å². The molecule has 0 amide bonds. The van der Waals surface area contributed by atoms with Crippen molar-refractivity contribution in [2.24, 2.45) is 0 Å². The maximum atomic E-state index is 13.2. The van der Waals surface area contributed by atoms with Crippen molar-refractivity contribution in [3.8, 4) is 17.0 Å². The summed E-state index contributed by atoms with van der Waals surface area (Å²) in [7, 11) is -2.15. The Morgan fingerprint density at radius 2 is 1.86 bits per heavy atom. The second kappa shape index (κ2) is 8.39. The van der Waals surface area contributed by atoms with Gasteiger partial charge >= 0.3 is 0 Å². The Labute approximate surface area is 171 Å². The second-order valence-electron chi connectivity index (χ2n) is 7.30. The Hall–Kier alpha value is -2.64. The molecule has 6 nitrogen and oxygen atoms in total. The highest BCUT2D eigenvalue weighted by molar-refractivity contribution is 7.89. The number of aromatic nitrogens is 2. The molecule has 29 heavy (non-hydrogen) atoms. The summed E-state index contributed by atoms with van der Waals surface area (Å²) in [6.07, 6.45) is 6.06. The van der Waals surface area contributed by atoms with E-state index in [1.165, 1.54) is 0 Å². The molecule has 7 heteroatoms. The summed E-state index contributed by atoms with van der Waals surface area (Å²) < 4.78 is 36.2. The standard InChI is InChI=1S/C22H25N3O3S/c1-28-20-13-7-8-17(14-20)15-23-29(26,27)21-16-25(19-11-5-6-12-19)24-22(21)18-9-3-2-4-10-18/h2-4,7-10,13-14,16,19,23H,5-6,11-12,15H2,1H3. The molecule has 1 aliphatic rings. The number of benzene rings is 2. The van der Waals surface area contributed by atoms with Gasteiger partial charge in [-0.2, -0.15) is 5.10 Å². The van der Waals surface area contributed by atoms with Crippen LogP contribution in [-0.4, -0.2) is 25.3 Å². The first kappa shape index (κ1) is 19.7. The van der Waals surface area contributed by atoms with Gasteiger partial charge in [0.05, 0.1) is 13.2 Å². The van der Waals surface area contributed by atoms with Gasteiger partial charge in [-0.3, -0.25) is 4.68 Å². The third kappa shape index (κ3) is 4.36. The summed E-state index contributed by atoms with van der Waals surface area (Å²) in [6.45, 7) is 0.183. The number of hydrogen-bond donors (Lipinski definition) is 1. The number of nitrogens with zero attached hydrogens (tertiary/aromatic N) is 2. The molecule has 1 N–H and O–H groups in total. The molecular weight excluding hydrogens is 386 g/mol. The minimum Gasteiger partial charge on any atom is -0.497 e. The van der Waals surface area contributed by atoms with Crippen LogP contribution < -0.4 is 9.46 Å². The molecule has 0 radical (unpaired) electrons. The molecule has 1 heterocycles. The van der Waals surface area contributed by atoms with E-state index in [0.717, 1.165) is 36.8 Å². The van der Waals surface area contributed by atoms with E-state index in [4.69, 9.17) is 4.74 Å². The first-order valence-electron chi connectivity index (χ1n) is 9.84. The molecule has 1 aliphatic carbocycles. The second-order valence-corrected chi connectivity index (χ2v) is 9.04. The minimum atomic E-state index is -3.74. The van der Waals surface area contributed by atoms with E-state index < -0.39 is 10.0 Å². The lowest BCUT2D eigenvalue weighted by molar-refractivity contribution is 0.414. The number of ether oxygens (including phenoxy) is 1. The quantitative estimate of drug-likeness (QED) is 0.634. The van der Waals surface area contributed by atoms with Gasteiger partial charge in [-0.05, 0) is 30.5 Å². The van der Waals surface area contributed by atoms with Crippen molar-refractivity contribution >= 4 is 10.0 Å². The van der Waals surface area contributed by atoms with E-state index in [9.17, 15) is 8.42 Å². The average molecular weight is 412 g/mol. The van der Waals surface area contributed by atoms with Gasteiger partial charge in [0, 0.05) is 18.3 Å². The highest BCUT2D eigenvalue weighted by Gasteiger charge is 2.27. The lowest BCUT2D eigenvalue weighted by atomic mass is 10.2. The van der Waals surface area contributed by atoms with Crippen molar-refractivity contribution in [3.05, 3.63) is 66.4 Å². The van der Waals surface area contributed by atoms with Crippen LogP contribution in [-0.2, 0) is 16.6 Å². The number of rotatable bonds is 7. The first-order chi connectivity index (χ1) is 14.1. The minimum absolute atomic E-state index is 0.183. The van der Waals surface area contributed by atoms with Crippen molar-refractivity contribution in [2.75, 3.05) is 7.11 Å². The first-order valence-corrected chi connectivity index (χ1v) is 11.3. The summed E-state index contributed by atoms with van der Waals surface area (Å²) in [5, 5.41) is 4.69. The van der Waals surface area contributed by atoms with Crippen LogP contribution in [0.4, 0.5) is 0 Å². The Balaban J connectivity index is 1.65. The number of nitrogens with one attached hydrogen (secondary N) is 1. The van der Waals surface area contributed by atoms with Crippen LogP contribution in [0.5, 0.6) is 5.75 Å². The Bertz CT molecular complexity index is 1070. The highest BCUT2D eigenvalue weighted by atomic mass is 32.2. The number of hydrogen-bond acceptors (Lipinski definition) is 4. The van der Waals surface area contributed by atoms with Gasteiger partial charge in [-0.15, -0.1) is 0 Å². The van der Waals surface area contributed by atoms with E-state index in [1.54, 1.807) is 13.3 Å². The SMILES string of the molecule is COc1cccc(CNS(=O)(=O)c2cn(C3CCCC3)nc2-c2ccccc2)c1. The Kier molecular flexibility index (Phi) is 5.69. The van der Waals surface area contributed by atoms with Crippen LogP contribution in [0.15, 0.2) is 65.7 Å². The fraction of sp³-hybridized carbons (Fsp3) is 0.318. The fourth-order valence-corrected chi connectivity index (χ4v) is 4.93. The molecule has 0 atom stereocenters. The molecule has 152 valence electrons. The molecule has 0 aliphatic heterocycles. The molecule has 0 saturated heterocycles. The topological polar surface area (TPSA) is 73.2 Å². The average Bonchev–Trinajstić information content (AvgIpc) is 3.43. The predicted octanol–water partition coefficient (Wildman–Crippen LogP) is 4.15. The molecule has 1 aromatic heterocycles. The van der Waals surface area contributed by atoms with Gasteiger partial charge in [0.15, 0.2) is 0 Å². The van der Waals surface area contributed by atoms with E-state index in [0.29, 0.717) is 11.4 Å². The van der Waals surface area contributed by atoms with Gasteiger partial charge in [0.25, 0.3) is 0 Å². The summed E-state index contributed by atoms with van der Waals surface area (Å²) in [5.41, 5.74) is 2.12. The van der Waals surface area contributed by atoms with Crippen LogP contribution >= 0.6 is 0 Å². The number of methoxy groups -OCH3 is 1. The van der Waals surface area contributed by atoms with Crippen LogP contribution in [0.2, 0.25) is 0 Å². The maximum absolute atomic E-state index is 13.2. The third-order valence-electron chi connectivity index (χ3n) is 5.33. The maximum Gasteiger partial charge on any atom is 0.244 e. The highest BCUT2D eigenvalue weighted by Crippen LogP contribution is 2.33. The third-order valence-corrected chi connectivity index (χ3v) is 6.74. The van der Waals surface area contributed by atoms with Crippen molar-refractivity contribution in [1.29, 1.82) is 0 Å². The van der Waals surface area contributed by atoms with Crippen LogP contribution in [0.3, 0.4) is 0 Å². The molecule has 2 aromatic carbocycles. The molecular formula is C22H25N3O3S. The van der Waals surface area contributed by atoms with Crippen LogP contribution in [0, 0.1) is 0 Å². The van der Waals surface area contributed by atoms with Crippen LogP contribution in [0.25, 0.3) is 11.3 Å². The van der Waals surface area contributed by atoms with Gasteiger partial charge in [-0.25, -0.2) is 13.1 Å². The molecule has 4 rings (SSSR count). The lowest BCUT2D eigenvalue weighted by Gasteiger charge is -2.09. The Morgan fingerprint density at radius 3 is 2.59 bits per heavy atom. The van der Waals surface area contributed by atoms with Crippen molar-refractivity contribution in [3.63, 3.8) is 0 Å². The summed E-state index contributed by atoms with van der Waals surface area (Å²) in [6, 6.07) is 17.1. The largest absolute Gasteiger partial charge is 0.497 e. The molecule has 0 unspecified atom stereocenters. The summed E-state index contributed by atoms with van der Waals surface area (Å²) in [5.74, 6) is 0.695. The molecule has 1 saturated carbocycles. The predicted molar refractivity (Wildman–Crippen MR) is 112 cm³/mol. The lowest BCUT2D eigenvalue weighted by Crippen LogP contribution is -2.23. The van der Waals surface area contributed by atoms with Crippen molar-refractivity contribution in [1.82, 2.24) is 14.5 Å². The van der Waals surface area contributed by atoms with Gasteiger partial charge in [0.1, 0.15) is 16.3 Å². The van der Waals surface area contributed by atoms with Crippen molar-refractivity contribution < 1.29 is 13.2 Å². The zero-order valence-corrected chi connectivity index (χ0v) is 17.2. The zero-order valence-electron chi connectivity index (χ0n) is 16.4. The molecule has 1 fully saturated rings. The van der Waals surface area contributed by atoms with Crippen molar-refractivity contribution in [2.45, 2.75) is 43.2 Å². The van der Waals surface area contributed by atoms with E-state index >= 15 is 0 Å². The fourth-order valence-electron chi connectivity index (χ4n) is 3.76. The smallest absolute Gasteiger partial charge is 0.244 e. The van der Waals surface area contributed by atoms with Crippen LogP contribution in [0.1, 0.15) is 37.3 Å². The van der Waals surface area contributed by atoms with Gasteiger partial charge in [0.2, 0.25) is 10.0 Å².